The Balaban J connectivity index is 0.00000121. The van der Waals surface area contributed by atoms with E-state index in [1.165, 1.54) is 38.2 Å². The molecule has 0 saturated heterocycles. The third-order valence-corrected chi connectivity index (χ3v) is 4.62. The van der Waals surface area contributed by atoms with Crippen LogP contribution in [0.2, 0.25) is 0 Å². The Labute approximate surface area is 193 Å². The van der Waals surface area contributed by atoms with Crippen molar-refractivity contribution in [3.8, 4) is 11.1 Å². The summed E-state index contributed by atoms with van der Waals surface area (Å²) in [6, 6.07) is 26.7. The van der Waals surface area contributed by atoms with E-state index in [-0.39, 0.29) is 51.0 Å². The topological polar surface area (TPSA) is 0 Å². The van der Waals surface area contributed by atoms with Crippen molar-refractivity contribution in [1.29, 1.82) is 0 Å². The maximum atomic E-state index is 2.39. The third kappa shape index (κ3) is 5.08. The first-order valence-electron chi connectivity index (χ1n) is 8.68. The summed E-state index contributed by atoms with van der Waals surface area (Å²) in [4.78, 5) is 0. The molecule has 4 aromatic rings. The minimum atomic E-state index is 0. The fourth-order valence-corrected chi connectivity index (χ4v) is 3.71. The normalized spacial score (nSPS) is 10.8. The van der Waals surface area contributed by atoms with Crippen molar-refractivity contribution in [3.05, 3.63) is 78.4 Å². The van der Waals surface area contributed by atoms with E-state index in [9.17, 15) is 0 Å². The zero-order chi connectivity index (χ0) is 16.7. The Morgan fingerprint density at radius 1 is 0.741 bits per heavy atom. The molecule has 137 valence electrons. The molecular formula is C24H23Cl2Zr. The fourth-order valence-electron chi connectivity index (χ4n) is 3.71. The molecule has 1 radical (unpaired) electrons. The Morgan fingerprint density at radius 3 is 2.04 bits per heavy atom. The molecule has 0 bridgehead atoms. The van der Waals surface area contributed by atoms with Crippen molar-refractivity contribution in [2.45, 2.75) is 27.2 Å². The molecule has 0 atom stereocenters. The van der Waals surface area contributed by atoms with Gasteiger partial charge in [-0.15, -0.1) is 34.5 Å². The molecule has 0 aromatic heterocycles. The van der Waals surface area contributed by atoms with Gasteiger partial charge in [0.05, 0.1) is 0 Å². The van der Waals surface area contributed by atoms with Gasteiger partial charge in [-0.05, 0) is 28.2 Å². The van der Waals surface area contributed by atoms with Crippen LogP contribution < -0.4 is 24.8 Å². The van der Waals surface area contributed by atoms with Crippen LogP contribution in [0.1, 0.15) is 26.3 Å². The second-order valence-corrected chi connectivity index (χ2v) is 7.94. The molecule has 27 heavy (non-hydrogen) atoms. The van der Waals surface area contributed by atoms with Gasteiger partial charge in [-0.25, -0.2) is 0 Å². The summed E-state index contributed by atoms with van der Waals surface area (Å²) in [6.07, 6.45) is 1.11. The Hall–Kier alpha value is -1.01. The zero-order valence-corrected chi connectivity index (χ0v) is 19.9. The van der Waals surface area contributed by atoms with E-state index in [2.05, 4.69) is 93.6 Å². The van der Waals surface area contributed by atoms with Crippen LogP contribution in [0.4, 0.5) is 0 Å². The average Bonchev–Trinajstić information content (AvgIpc) is 2.94. The molecule has 0 aliphatic heterocycles. The molecule has 0 saturated carbocycles. The van der Waals surface area contributed by atoms with Crippen LogP contribution in [0, 0.1) is 5.41 Å². The van der Waals surface area contributed by atoms with Crippen LogP contribution in [0.15, 0.2) is 72.8 Å². The summed E-state index contributed by atoms with van der Waals surface area (Å²) in [5.74, 6) is 0. The van der Waals surface area contributed by atoms with E-state index < -0.39 is 0 Å². The van der Waals surface area contributed by atoms with Crippen molar-refractivity contribution in [2.24, 2.45) is 5.41 Å². The SMILES string of the molecule is CC(C)(C)Cc1cc2c(-c3cccc4ccccc34)cccc2[cH-]1.[Cl-].[Cl-].[Zr+3]. The van der Waals surface area contributed by atoms with Gasteiger partial charge in [0.25, 0.3) is 0 Å². The van der Waals surface area contributed by atoms with Crippen molar-refractivity contribution in [3.63, 3.8) is 0 Å². The summed E-state index contributed by atoms with van der Waals surface area (Å²) >= 11 is 0. The Bertz CT molecular complexity index is 1020. The Morgan fingerprint density at radius 2 is 1.33 bits per heavy atom. The average molecular weight is 474 g/mol. The maximum absolute atomic E-state index is 2.39. The van der Waals surface area contributed by atoms with Crippen LogP contribution in [0.5, 0.6) is 0 Å². The van der Waals surface area contributed by atoms with E-state index in [4.69, 9.17) is 0 Å². The molecule has 0 spiro atoms. The standard InChI is InChI=1S/C24H23.2ClH.Zr/c1-24(2,3)16-17-14-19-10-7-13-22(23(19)15-17)21-12-6-9-18-8-4-5-11-20(18)21;;;/h4-15H,16H2,1-3H3;2*1H;/q-1;;;+3/p-2. The summed E-state index contributed by atoms with van der Waals surface area (Å²) in [6.45, 7) is 6.91. The third-order valence-electron chi connectivity index (χ3n) is 4.62. The van der Waals surface area contributed by atoms with Gasteiger partial charge >= 0.3 is 26.2 Å². The number of hydrogen-bond acceptors (Lipinski definition) is 0. The Kier molecular flexibility index (Phi) is 8.42. The van der Waals surface area contributed by atoms with Crippen LogP contribution in [-0.2, 0) is 32.6 Å². The molecule has 0 unspecified atom stereocenters. The second kappa shape index (κ2) is 9.46. The number of halogens is 2. The van der Waals surface area contributed by atoms with Crippen LogP contribution in [0.25, 0.3) is 32.7 Å². The molecule has 4 aromatic carbocycles. The minimum Gasteiger partial charge on any atom is -1.00 e. The van der Waals surface area contributed by atoms with E-state index in [1.54, 1.807) is 0 Å². The number of hydrogen-bond donors (Lipinski definition) is 0. The van der Waals surface area contributed by atoms with Crippen LogP contribution in [0.3, 0.4) is 0 Å². The number of benzene rings is 3. The smallest absolute Gasteiger partial charge is 1.00 e. The molecule has 0 nitrogen and oxygen atoms in total. The van der Waals surface area contributed by atoms with Crippen molar-refractivity contribution in [1.82, 2.24) is 0 Å². The van der Waals surface area contributed by atoms with Crippen LogP contribution in [-0.4, -0.2) is 0 Å². The van der Waals surface area contributed by atoms with Gasteiger partial charge in [-0.3, -0.25) is 0 Å². The molecule has 0 N–H and O–H groups in total. The van der Waals surface area contributed by atoms with Crippen molar-refractivity contribution >= 4 is 21.5 Å². The van der Waals surface area contributed by atoms with E-state index in [1.807, 2.05) is 0 Å². The molecule has 0 aliphatic rings. The second-order valence-electron chi connectivity index (χ2n) is 7.94. The van der Waals surface area contributed by atoms with E-state index in [0.29, 0.717) is 5.41 Å². The molecule has 0 heterocycles. The fraction of sp³-hybridized carbons (Fsp3) is 0.208. The zero-order valence-electron chi connectivity index (χ0n) is 15.9. The van der Waals surface area contributed by atoms with Gasteiger partial charge < -0.3 is 24.8 Å². The van der Waals surface area contributed by atoms with Crippen LogP contribution >= 0.6 is 0 Å². The van der Waals surface area contributed by atoms with Gasteiger partial charge in [0.15, 0.2) is 0 Å². The molecular weight excluding hydrogens is 450 g/mol. The molecule has 0 aliphatic carbocycles. The summed E-state index contributed by atoms with van der Waals surface area (Å²) in [7, 11) is 0. The van der Waals surface area contributed by atoms with Gasteiger partial charge in [0.1, 0.15) is 0 Å². The first-order valence-corrected chi connectivity index (χ1v) is 8.68. The number of fused-ring (bicyclic) bond motifs is 2. The minimum absolute atomic E-state index is 0. The van der Waals surface area contributed by atoms with Gasteiger partial charge in [0, 0.05) is 0 Å². The van der Waals surface area contributed by atoms with Gasteiger partial charge in [-0.2, -0.15) is 6.07 Å². The quantitative estimate of drug-likeness (QED) is 0.381. The van der Waals surface area contributed by atoms with Crippen molar-refractivity contribution in [2.75, 3.05) is 0 Å². The first-order chi connectivity index (χ1) is 11.5. The van der Waals surface area contributed by atoms with Crippen molar-refractivity contribution < 1.29 is 51.0 Å². The number of rotatable bonds is 2. The first kappa shape index (κ1) is 24.0. The predicted molar refractivity (Wildman–Crippen MR) is 106 cm³/mol. The largest absolute Gasteiger partial charge is 3.00 e. The van der Waals surface area contributed by atoms with E-state index in [0.717, 1.165) is 6.42 Å². The molecule has 0 fully saturated rings. The molecule has 4 rings (SSSR count). The summed E-state index contributed by atoms with van der Waals surface area (Å²) in [5.41, 5.74) is 4.41. The molecule has 3 heteroatoms. The maximum Gasteiger partial charge on any atom is 3.00 e. The predicted octanol–water partition coefficient (Wildman–Crippen LogP) is 0.973. The monoisotopic (exact) mass is 471 g/mol. The summed E-state index contributed by atoms with van der Waals surface area (Å²) in [5, 5.41) is 5.34. The molecule has 0 amide bonds. The van der Waals surface area contributed by atoms with Gasteiger partial charge in [0.2, 0.25) is 0 Å². The van der Waals surface area contributed by atoms with E-state index >= 15 is 0 Å². The summed E-state index contributed by atoms with van der Waals surface area (Å²) < 4.78 is 0. The van der Waals surface area contributed by atoms with Gasteiger partial charge in [-0.1, -0.05) is 74.9 Å².